The van der Waals surface area contributed by atoms with Crippen molar-refractivity contribution in [2.75, 3.05) is 5.73 Å². The van der Waals surface area contributed by atoms with E-state index in [1.165, 1.54) is 37.9 Å². The van der Waals surface area contributed by atoms with Gasteiger partial charge in [-0.2, -0.15) is 0 Å². The van der Waals surface area contributed by atoms with E-state index in [0.717, 1.165) is 12.1 Å². The molecule has 92 valence electrons. The Morgan fingerprint density at radius 2 is 1.53 bits per heavy atom. The van der Waals surface area contributed by atoms with E-state index < -0.39 is 0 Å². The lowest BCUT2D eigenvalue weighted by atomic mass is 9.90. The number of rotatable bonds is 1. The second-order valence-corrected chi connectivity index (χ2v) is 5.16. The largest absolute Gasteiger partial charge is 0.398 e. The summed E-state index contributed by atoms with van der Waals surface area (Å²) in [6, 6.07) is 17.3. The van der Waals surface area contributed by atoms with Crippen LogP contribution in [0.15, 0.2) is 48.5 Å². The fraction of sp³-hybridized carbons (Fsp3) is 0.111. The van der Waals surface area contributed by atoms with Gasteiger partial charge in [-0.3, -0.25) is 0 Å². The summed E-state index contributed by atoms with van der Waals surface area (Å²) in [5.41, 5.74) is 8.44. The van der Waals surface area contributed by atoms with Gasteiger partial charge in [0.2, 0.25) is 0 Å². The number of hydrogen-bond donors (Lipinski definition) is 1. The van der Waals surface area contributed by atoms with Gasteiger partial charge in [0.05, 0.1) is 0 Å². The van der Waals surface area contributed by atoms with Crippen LogP contribution in [-0.4, -0.2) is 0 Å². The lowest BCUT2D eigenvalue weighted by Gasteiger charge is -2.15. The minimum atomic E-state index is 0.875. The third-order valence-electron chi connectivity index (χ3n) is 4.15. The Morgan fingerprint density at radius 3 is 2.32 bits per heavy atom. The monoisotopic (exact) mass is 245 g/mol. The molecule has 0 aromatic heterocycles. The standard InChI is InChI=1S/C18H15N/c1-2-11-10-15-16(19)9-8-13-7-6-12-4-3-5-14(11)17(12)18(13)15/h3-10H,2,19H2,1H3. The van der Waals surface area contributed by atoms with Crippen LogP contribution >= 0.6 is 0 Å². The second kappa shape index (κ2) is 3.61. The van der Waals surface area contributed by atoms with Gasteiger partial charge in [-0.25, -0.2) is 0 Å². The van der Waals surface area contributed by atoms with E-state index in [-0.39, 0.29) is 0 Å². The predicted octanol–water partition coefficient (Wildman–Crippen LogP) is 4.73. The maximum absolute atomic E-state index is 6.19. The molecule has 0 saturated heterocycles. The Kier molecular flexibility index (Phi) is 2.02. The van der Waals surface area contributed by atoms with E-state index in [4.69, 9.17) is 5.73 Å². The van der Waals surface area contributed by atoms with Crippen molar-refractivity contribution in [1.82, 2.24) is 0 Å². The van der Waals surface area contributed by atoms with Crippen LogP contribution in [0.5, 0.6) is 0 Å². The summed E-state index contributed by atoms with van der Waals surface area (Å²) >= 11 is 0. The molecule has 0 aliphatic rings. The molecule has 0 radical (unpaired) electrons. The number of nitrogen functional groups attached to an aromatic ring is 1. The molecule has 0 atom stereocenters. The zero-order chi connectivity index (χ0) is 13.0. The second-order valence-electron chi connectivity index (χ2n) is 5.16. The molecule has 1 nitrogen and oxygen atoms in total. The Labute approximate surface area is 112 Å². The van der Waals surface area contributed by atoms with Gasteiger partial charge in [-0.15, -0.1) is 0 Å². The van der Waals surface area contributed by atoms with E-state index in [1.54, 1.807) is 0 Å². The van der Waals surface area contributed by atoms with Crippen LogP contribution in [0, 0.1) is 0 Å². The summed E-state index contributed by atoms with van der Waals surface area (Å²) in [4.78, 5) is 0. The normalized spacial score (nSPS) is 11.8. The summed E-state index contributed by atoms with van der Waals surface area (Å²) < 4.78 is 0. The zero-order valence-corrected chi connectivity index (χ0v) is 10.9. The molecule has 0 bridgehead atoms. The minimum absolute atomic E-state index is 0.875. The third kappa shape index (κ3) is 1.30. The molecule has 4 rings (SSSR count). The summed E-state index contributed by atoms with van der Waals surface area (Å²) in [6.45, 7) is 2.20. The summed E-state index contributed by atoms with van der Waals surface area (Å²) in [6.07, 6.45) is 1.03. The molecule has 0 aliphatic heterocycles. The molecule has 0 spiro atoms. The number of nitrogens with two attached hydrogens (primary N) is 1. The SMILES string of the molecule is CCc1cc2c(N)ccc3ccc4cccc1c4c32. The highest BCUT2D eigenvalue weighted by Crippen LogP contribution is 2.38. The van der Waals surface area contributed by atoms with Gasteiger partial charge in [0.25, 0.3) is 0 Å². The zero-order valence-electron chi connectivity index (χ0n) is 10.9. The van der Waals surface area contributed by atoms with E-state index in [2.05, 4.69) is 49.4 Å². The van der Waals surface area contributed by atoms with Gasteiger partial charge in [0.15, 0.2) is 0 Å². The molecule has 0 unspecified atom stereocenters. The number of benzene rings is 4. The molecule has 0 amide bonds. The topological polar surface area (TPSA) is 26.0 Å². The first-order valence-corrected chi connectivity index (χ1v) is 6.74. The van der Waals surface area contributed by atoms with Gasteiger partial charge in [0, 0.05) is 11.1 Å². The van der Waals surface area contributed by atoms with Crippen LogP contribution < -0.4 is 5.73 Å². The Balaban J connectivity index is 2.43. The van der Waals surface area contributed by atoms with Crippen molar-refractivity contribution in [1.29, 1.82) is 0 Å². The van der Waals surface area contributed by atoms with Crippen molar-refractivity contribution in [2.24, 2.45) is 0 Å². The van der Waals surface area contributed by atoms with E-state index in [9.17, 15) is 0 Å². The number of aryl methyl sites for hydroxylation is 1. The van der Waals surface area contributed by atoms with Crippen molar-refractivity contribution >= 4 is 38.0 Å². The lowest BCUT2D eigenvalue weighted by Crippen LogP contribution is -1.93. The van der Waals surface area contributed by atoms with Gasteiger partial charge >= 0.3 is 0 Å². The first kappa shape index (κ1) is 10.6. The maximum atomic E-state index is 6.19. The van der Waals surface area contributed by atoms with E-state index >= 15 is 0 Å². The summed E-state index contributed by atoms with van der Waals surface area (Å²) in [7, 11) is 0. The van der Waals surface area contributed by atoms with Crippen LogP contribution in [-0.2, 0) is 6.42 Å². The van der Waals surface area contributed by atoms with Gasteiger partial charge in [-0.05, 0) is 51.0 Å². The lowest BCUT2D eigenvalue weighted by molar-refractivity contribution is 1.16. The number of hydrogen-bond acceptors (Lipinski definition) is 1. The quantitative estimate of drug-likeness (QED) is 0.381. The fourth-order valence-corrected chi connectivity index (χ4v) is 3.21. The van der Waals surface area contributed by atoms with Crippen LogP contribution in [0.4, 0.5) is 5.69 Å². The molecular formula is C18H15N. The van der Waals surface area contributed by atoms with Crippen LogP contribution in [0.3, 0.4) is 0 Å². The average Bonchev–Trinajstić information content (AvgIpc) is 2.46. The predicted molar refractivity (Wildman–Crippen MR) is 83.9 cm³/mol. The summed E-state index contributed by atoms with van der Waals surface area (Å²) in [5.74, 6) is 0. The average molecular weight is 245 g/mol. The van der Waals surface area contributed by atoms with Crippen molar-refractivity contribution in [3.63, 3.8) is 0 Å². The molecule has 0 fully saturated rings. The molecule has 0 saturated carbocycles. The molecule has 0 heterocycles. The van der Waals surface area contributed by atoms with Crippen molar-refractivity contribution in [3.8, 4) is 0 Å². The summed E-state index contributed by atoms with van der Waals surface area (Å²) in [5, 5.41) is 7.81. The van der Waals surface area contributed by atoms with Gasteiger partial charge < -0.3 is 5.73 Å². The smallest absolute Gasteiger partial charge is 0.0394 e. The van der Waals surface area contributed by atoms with Crippen LogP contribution in [0.25, 0.3) is 32.3 Å². The highest BCUT2D eigenvalue weighted by molar-refractivity contribution is 6.25. The van der Waals surface area contributed by atoms with Crippen LogP contribution in [0.1, 0.15) is 12.5 Å². The third-order valence-corrected chi connectivity index (χ3v) is 4.15. The highest BCUT2D eigenvalue weighted by atomic mass is 14.5. The molecule has 0 aliphatic carbocycles. The Morgan fingerprint density at radius 1 is 0.842 bits per heavy atom. The molecule has 4 aromatic rings. The van der Waals surface area contributed by atoms with Gasteiger partial charge in [-0.1, -0.05) is 43.3 Å². The van der Waals surface area contributed by atoms with Gasteiger partial charge in [0.1, 0.15) is 0 Å². The van der Waals surface area contributed by atoms with Crippen molar-refractivity contribution in [2.45, 2.75) is 13.3 Å². The van der Waals surface area contributed by atoms with E-state index in [1.807, 2.05) is 6.07 Å². The molecule has 1 heteroatoms. The minimum Gasteiger partial charge on any atom is -0.398 e. The molecule has 4 aromatic carbocycles. The first-order valence-electron chi connectivity index (χ1n) is 6.74. The first-order chi connectivity index (χ1) is 9.29. The highest BCUT2D eigenvalue weighted by Gasteiger charge is 2.12. The Bertz CT molecular complexity index is 906. The molecule has 2 N–H and O–H groups in total. The van der Waals surface area contributed by atoms with Crippen molar-refractivity contribution < 1.29 is 0 Å². The van der Waals surface area contributed by atoms with Crippen LogP contribution in [0.2, 0.25) is 0 Å². The molecule has 19 heavy (non-hydrogen) atoms. The van der Waals surface area contributed by atoms with E-state index in [0.29, 0.717) is 0 Å². The number of anilines is 1. The van der Waals surface area contributed by atoms with Crippen molar-refractivity contribution in [3.05, 3.63) is 54.1 Å². The Hall–Kier alpha value is -2.28. The maximum Gasteiger partial charge on any atom is 0.0394 e. The fourth-order valence-electron chi connectivity index (χ4n) is 3.21. The molecular weight excluding hydrogens is 230 g/mol.